The van der Waals surface area contributed by atoms with Gasteiger partial charge in [0.05, 0.1) is 11.9 Å². The summed E-state index contributed by atoms with van der Waals surface area (Å²) in [6.07, 6.45) is 4.48. The lowest BCUT2D eigenvalue weighted by atomic mass is 10.3. The first-order chi connectivity index (χ1) is 8.54. The molecule has 2 atom stereocenters. The van der Waals surface area contributed by atoms with Crippen LogP contribution in [0.5, 0.6) is 0 Å². The first kappa shape index (κ1) is 13.9. The van der Waals surface area contributed by atoms with Crippen LogP contribution >= 0.6 is 11.8 Å². The van der Waals surface area contributed by atoms with E-state index in [1.54, 1.807) is 6.92 Å². The Hall–Kier alpha value is -0.530. The fourth-order valence-electron chi connectivity index (χ4n) is 2.35. The number of aromatic amines is 1. The highest BCUT2D eigenvalue weighted by Crippen LogP contribution is 2.31. The summed E-state index contributed by atoms with van der Waals surface area (Å²) in [5.41, 5.74) is 0.584. The zero-order valence-electron chi connectivity index (χ0n) is 10.6. The average molecular weight is 289 g/mol. The predicted molar refractivity (Wildman–Crippen MR) is 73.2 cm³/mol. The number of hydrogen-bond acceptors (Lipinski definition) is 4. The normalized spacial score (nSPS) is 24.6. The molecule has 7 heteroatoms. The van der Waals surface area contributed by atoms with Crippen LogP contribution in [0.2, 0.25) is 0 Å². The van der Waals surface area contributed by atoms with Gasteiger partial charge < -0.3 is 0 Å². The van der Waals surface area contributed by atoms with Gasteiger partial charge in [-0.1, -0.05) is 13.3 Å². The smallest absolute Gasteiger partial charge is 0.244 e. The SMILES string of the molecule is CCSC1CCCC1NS(=O)(=O)c1cn[nH]c1C. The Morgan fingerprint density at radius 2 is 2.33 bits per heavy atom. The van der Waals surface area contributed by atoms with Gasteiger partial charge in [-0.2, -0.15) is 16.9 Å². The first-order valence-electron chi connectivity index (χ1n) is 6.18. The maximum absolute atomic E-state index is 12.2. The van der Waals surface area contributed by atoms with Crippen molar-refractivity contribution in [3.63, 3.8) is 0 Å². The van der Waals surface area contributed by atoms with Crippen LogP contribution in [0.15, 0.2) is 11.1 Å². The molecule has 0 spiro atoms. The Bertz CT molecular complexity index is 498. The van der Waals surface area contributed by atoms with Crippen molar-refractivity contribution in [2.75, 3.05) is 5.75 Å². The van der Waals surface area contributed by atoms with Crippen molar-refractivity contribution >= 4 is 21.8 Å². The number of thioether (sulfide) groups is 1. The monoisotopic (exact) mass is 289 g/mol. The lowest BCUT2D eigenvalue weighted by molar-refractivity contribution is 0.554. The molecular formula is C11H19N3O2S2. The van der Waals surface area contributed by atoms with Gasteiger partial charge in [0.15, 0.2) is 0 Å². The van der Waals surface area contributed by atoms with Gasteiger partial charge in [-0.25, -0.2) is 13.1 Å². The maximum Gasteiger partial charge on any atom is 0.244 e. The standard InChI is InChI=1S/C11H19N3O2S2/c1-3-17-10-6-4-5-9(10)14-18(15,16)11-7-12-13-8(11)2/h7,9-10,14H,3-6H2,1-2H3,(H,12,13). The molecule has 0 radical (unpaired) electrons. The molecule has 0 aromatic carbocycles. The highest BCUT2D eigenvalue weighted by Gasteiger charge is 2.32. The molecule has 1 saturated carbocycles. The van der Waals surface area contributed by atoms with Crippen molar-refractivity contribution in [3.05, 3.63) is 11.9 Å². The summed E-state index contributed by atoms with van der Waals surface area (Å²) >= 11 is 1.84. The number of aromatic nitrogens is 2. The van der Waals surface area contributed by atoms with Crippen molar-refractivity contribution in [2.24, 2.45) is 0 Å². The number of nitrogens with one attached hydrogen (secondary N) is 2. The minimum Gasteiger partial charge on any atom is -0.281 e. The van der Waals surface area contributed by atoms with Gasteiger partial charge >= 0.3 is 0 Å². The minimum absolute atomic E-state index is 0.0502. The van der Waals surface area contributed by atoms with Crippen molar-refractivity contribution in [3.8, 4) is 0 Å². The second kappa shape index (κ2) is 5.63. The fraction of sp³-hybridized carbons (Fsp3) is 0.727. The van der Waals surface area contributed by atoms with Gasteiger partial charge in [-0.05, 0) is 25.5 Å². The Morgan fingerprint density at radius 1 is 1.56 bits per heavy atom. The van der Waals surface area contributed by atoms with E-state index in [1.165, 1.54) is 6.20 Å². The van der Waals surface area contributed by atoms with Crippen LogP contribution in [0.25, 0.3) is 0 Å². The molecule has 1 aliphatic rings. The summed E-state index contributed by atoms with van der Waals surface area (Å²) in [7, 11) is -3.44. The van der Waals surface area contributed by atoms with Crippen molar-refractivity contribution < 1.29 is 8.42 Å². The zero-order chi connectivity index (χ0) is 13.2. The Morgan fingerprint density at radius 3 is 2.94 bits per heavy atom. The molecule has 0 aliphatic heterocycles. The molecule has 5 nitrogen and oxygen atoms in total. The third-order valence-electron chi connectivity index (χ3n) is 3.21. The van der Waals surface area contributed by atoms with E-state index in [1.807, 2.05) is 11.8 Å². The summed E-state index contributed by atoms with van der Waals surface area (Å²) in [5.74, 6) is 1.02. The van der Waals surface area contributed by atoms with Crippen LogP contribution < -0.4 is 4.72 Å². The van der Waals surface area contributed by atoms with E-state index in [0.29, 0.717) is 10.9 Å². The molecule has 1 aromatic heterocycles. The van der Waals surface area contributed by atoms with Crippen molar-refractivity contribution in [1.29, 1.82) is 0 Å². The first-order valence-corrected chi connectivity index (χ1v) is 8.71. The van der Waals surface area contributed by atoms with Gasteiger partial charge in [0.1, 0.15) is 4.90 Å². The Kier molecular flexibility index (Phi) is 4.34. The molecule has 0 amide bonds. The molecular weight excluding hydrogens is 270 g/mol. The second-order valence-corrected chi connectivity index (χ2v) is 7.71. The van der Waals surface area contributed by atoms with Crippen LogP contribution in [-0.4, -0.2) is 35.7 Å². The van der Waals surface area contributed by atoms with Gasteiger partial charge in [-0.3, -0.25) is 5.10 Å². The molecule has 18 heavy (non-hydrogen) atoms. The molecule has 2 N–H and O–H groups in total. The number of H-pyrrole nitrogens is 1. The summed E-state index contributed by atoms with van der Waals surface area (Å²) in [6, 6.07) is 0.0502. The summed E-state index contributed by atoms with van der Waals surface area (Å²) in [4.78, 5) is 0.259. The molecule has 1 aromatic rings. The largest absolute Gasteiger partial charge is 0.281 e. The third kappa shape index (κ3) is 2.89. The van der Waals surface area contributed by atoms with Crippen molar-refractivity contribution in [2.45, 2.75) is 49.3 Å². The van der Waals surface area contributed by atoms with Gasteiger partial charge in [0.25, 0.3) is 0 Å². The average Bonchev–Trinajstić information content (AvgIpc) is 2.89. The molecule has 0 saturated heterocycles. The Balaban J connectivity index is 2.11. The summed E-state index contributed by atoms with van der Waals surface area (Å²) in [5, 5.41) is 6.83. The van der Waals surface area contributed by atoms with E-state index in [9.17, 15) is 8.42 Å². The number of aryl methyl sites for hydroxylation is 1. The topological polar surface area (TPSA) is 74.8 Å². The predicted octanol–water partition coefficient (Wildman–Crippen LogP) is 1.67. The molecule has 2 rings (SSSR count). The molecule has 102 valence electrons. The second-order valence-electron chi connectivity index (χ2n) is 4.51. The quantitative estimate of drug-likeness (QED) is 0.864. The zero-order valence-corrected chi connectivity index (χ0v) is 12.3. The van der Waals surface area contributed by atoms with Crippen LogP contribution in [-0.2, 0) is 10.0 Å². The van der Waals surface area contributed by atoms with Gasteiger partial charge in [0, 0.05) is 11.3 Å². The van der Waals surface area contributed by atoms with Crippen molar-refractivity contribution in [1.82, 2.24) is 14.9 Å². The van der Waals surface area contributed by atoms with Gasteiger partial charge in [-0.15, -0.1) is 0 Å². The van der Waals surface area contributed by atoms with Crippen LogP contribution in [0.4, 0.5) is 0 Å². The number of nitrogens with zero attached hydrogens (tertiary/aromatic N) is 1. The van der Waals surface area contributed by atoms with E-state index in [-0.39, 0.29) is 10.9 Å². The molecule has 1 heterocycles. The van der Waals surface area contributed by atoms with E-state index in [4.69, 9.17) is 0 Å². The lowest BCUT2D eigenvalue weighted by Gasteiger charge is -2.19. The highest BCUT2D eigenvalue weighted by atomic mass is 32.2. The fourth-order valence-corrected chi connectivity index (χ4v) is 5.08. The number of hydrogen-bond donors (Lipinski definition) is 2. The minimum atomic E-state index is -3.44. The molecule has 0 bridgehead atoms. The lowest BCUT2D eigenvalue weighted by Crippen LogP contribution is -2.38. The summed E-state index contributed by atoms with van der Waals surface area (Å²) in [6.45, 7) is 3.82. The number of sulfonamides is 1. The van der Waals surface area contributed by atoms with E-state index < -0.39 is 10.0 Å². The molecule has 2 unspecified atom stereocenters. The number of rotatable bonds is 5. The maximum atomic E-state index is 12.2. The Labute approximate surface area is 112 Å². The van der Waals surface area contributed by atoms with Crippen LogP contribution in [0.3, 0.4) is 0 Å². The van der Waals surface area contributed by atoms with Crippen LogP contribution in [0.1, 0.15) is 31.9 Å². The molecule has 1 aliphatic carbocycles. The molecule has 1 fully saturated rings. The van der Waals surface area contributed by atoms with Crippen LogP contribution in [0, 0.1) is 6.92 Å². The van der Waals surface area contributed by atoms with Gasteiger partial charge in [0.2, 0.25) is 10.0 Å². The third-order valence-corrected chi connectivity index (χ3v) is 6.14. The van der Waals surface area contributed by atoms with E-state index in [0.717, 1.165) is 25.0 Å². The van der Waals surface area contributed by atoms with E-state index >= 15 is 0 Å². The summed E-state index contributed by atoms with van der Waals surface area (Å²) < 4.78 is 27.3. The highest BCUT2D eigenvalue weighted by molar-refractivity contribution is 8.00. The van der Waals surface area contributed by atoms with E-state index in [2.05, 4.69) is 21.8 Å².